The average molecular weight is 265 g/mol. The predicted octanol–water partition coefficient (Wildman–Crippen LogP) is 1.96. The Morgan fingerprint density at radius 3 is 2.94 bits per heavy atom. The Hall–Kier alpha value is -1.27. The molecule has 2 rings (SSSR count). The fourth-order valence-corrected chi connectivity index (χ4v) is 2.61. The van der Waals surface area contributed by atoms with Gasteiger partial charge in [0.2, 0.25) is 0 Å². The maximum absolute atomic E-state index is 4.51. The summed E-state index contributed by atoms with van der Waals surface area (Å²) in [5, 5.41) is 14.7. The van der Waals surface area contributed by atoms with Crippen LogP contribution in [0.4, 0.5) is 0 Å². The van der Waals surface area contributed by atoms with Gasteiger partial charge in [-0.25, -0.2) is 9.67 Å². The molecule has 18 heavy (non-hydrogen) atoms. The smallest absolute Gasteiger partial charge is 0.0897 e. The summed E-state index contributed by atoms with van der Waals surface area (Å²) >= 11 is 1.69. The predicted molar refractivity (Wildman–Crippen MR) is 72.7 cm³/mol. The van der Waals surface area contributed by atoms with Crippen LogP contribution >= 0.6 is 11.3 Å². The lowest BCUT2D eigenvalue weighted by Gasteiger charge is -2.15. The van der Waals surface area contributed by atoms with Crippen LogP contribution in [0, 0.1) is 6.92 Å². The summed E-state index contributed by atoms with van der Waals surface area (Å²) in [7, 11) is 1.97. The van der Waals surface area contributed by atoms with Crippen LogP contribution in [0.2, 0.25) is 0 Å². The molecule has 5 nitrogen and oxygen atoms in total. The third-order valence-electron chi connectivity index (χ3n) is 2.87. The molecule has 2 heterocycles. The summed E-state index contributed by atoms with van der Waals surface area (Å²) in [6, 6.07) is 0.216. The summed E-state index contributed by atoms with van der Waals surface area (Å²) in [5.41, 5.74) is 2.26. The first-order valence-corrected chi connectivity index (χ1v) is 7.09. The van der Waals surface area contributed by atoms with E-state index < -0.39 is 0 Å². The molecule has 1 N–H and O–H groups in total. The highest BCUT2D eigenvalue weighted by Crippen LogP contribution is 2.18. The van der Waals surface area contributed by atoms with E-state index in [9.17, 15) is 0 Å². The lowest BCUT2D eigenvalue weighted by Crippen LogP contribution is -2.22. The number of likely N-dealkylation sites (N-methyl/N-ethyl adjacent to an activating group) is 1. The monoisotopic (exact) mass is 265 g/mol. The van der Waals surface area contributed by atoms with Gasteiger partial charge in [-0.05, 0) is 20.4 Å². The van der Waals surface area contributed by atoms with E-state index in [1.807, 2.05) is 24.9 Å². The summed E-state index contributed by atoms with van der Waals surface area (Å²) in [4.78, 5) is 4.51. The number of thiazole rings is 1. The Bertz CT molecular complexity index is 490. The van der Waals surface area contributed by atoms with Crippen LogP contribution in [0.1, 0.15) is 35.8 Å². The number of rotatable bonds is 6. The molecule has 98 valence electrons. The van der Waals surface area contributed by atoms with Gasteiger partial charge in [0.25, 0.3) is 0 Å². The molecule has 1 atom stereocenters. The normalized spacial score (nSPS) is 12.8. The molecule has 0 fully saturated rings. The minimum Gasteiger partial charge on any atom is -0.311 e. The van der Waals surface area contributed by atoms with Crippen LogP contribution in [0.15, 0.2) is 11.6 Å². The zero-order valence-electron chi connectivity index (χ0n) is 11.1. The van der Waals surface area contributed by atoms with E-state index in [0.29, 0.717) is 0 Å². The molecule has 0 bridgehead atoms. The van der Waals surface area contributed by atoms with Gasteiger partial charge in [-0.15, -0.1) is 16.4 Å². The lowest BCUT2D eigenvalue weighted by molar-refractivity contribution is 0.488. The van der Waals surface area contributed by atoms with Gasteiger partial charge >= 0.3 is 0 Å². The molecule has 2 aromatic rings. The number of nitrogens with one attached hydrogen (secondary N) is 1. The Labute approximate surface area is 111 Å². The Morgan fingerprint density at radius 2 is 2.33 bits per heavy atom. The van der Waals surface area contributed by atoms with E-state index >= 15 is 0 Å². The van der Waals surface area contributed by atoms with Crippen molar-refractivity contribution in [3.8, 4) is 0 Å². The SMILES string of the molecule is CCCn1nncc1C(Cc1csc(C)n1)NC. The quantitative estimate of drug-likeness (QED) is 0.867. The van der Waals surface area contributed by atoms with Crippen molar-refractivity contribution < 1.29 is 0 Å². The number of nitrogens with zero attached hydrogens (tertiary/aromatic N) is 4. The fraction of sp³-hybridized carbons (Fsp3) is 0.583. The number of hydrogen-bond donors (Lipinski definition) is 1. The highest BCUT2D eigenvalue weighted by Gasteiger charge is 2.16. The topological polar surface area (TPSA) is 55.6 Å². The maximum atomic E-state index is 4.51. The Morgan fingerprint density at radius 1 is 1.50 bits per heavy atom. The second-order valence-corrected chi connectivity index (χ2v) is 5.35. The van der Waals surface area contributed by atoms with Crippen LogP contribution in [-0.4, -0.2) is 27.0 Å². The molecular formula is C12H19N5S. The molecule has 0 saturated heterocycles. The van der Waals surface area contributed by atoms with Crippen LogP contribution in [0.5, 0.6) is 0 Å². The molecule has 2 aromatic heterocycles. The van der Waals surface area contributed by atoms with E-state index in [-0.39, 0.29) is 6.04 Å². The third kappa shape index (κ3) is 2.94. The van der Waals surface area contributed by atoms with Gasteiger partial charge in [-0.3, -0.25) is 0 Å². The molecule has 0 aromatic carbocycles. The van der Waals surface area contributed by atoms with Gasteiger partial charge in [0.05, 0.1) is 28.6 Å². The van der Waals surface area contributed by atoms with Crippen LogP contribution in [0.3, 0.4) is 0 Å². The van der Waals surface area contributed by atoms with Crippen LogP contribution in [0.25, 0.3) is 0 Å². The van der Waals surface area contributed by atoms with Gasteiger partial charge in [-0.1, -0.05) is 12.1 Å². The summed E-state index contributed by atoms with van der Waals surface area (Å²) < 4.78 is 1.97. The van der Waals surface area contributed by atoms with Gasteiger partial charge in [0, 0.05) is 18.3 Å². The van der Waals surface area contributed by atoms with Crippen molar-refractivity contribution in [2.24, 2.45) is 0 Å². The largest absolute Gasteiger partial charge is 0.311 e. The van der Waals surface area contributed by atoms with Crippen molar-refractivity contribution >= 4 is 11.3 Å². The molecule has 0 radical (unpaired) electrons. The number of hydrogen-bond acceptors (Lipinski definition) is 5. The lowest BCUT2D eigenvalue weighted by atomic mass is 10.1. The van der Waals surface area contributed by atoms with Crippen molar-refractivity contribution in [2.75, 3.05) is 7.05 Å². The fourth-order valence-electron chi connectivity index (χ4n) is 1.99. The second-order valence-electron chi connectivity index (χ2n) is 4.29. The van der Waals surface area contributed by atoms with Gasteiger partial charge in [-0.2, -0.15) is 0 Å². The van der Waals surface area contributed by atoms with Crippen LogP contribution in [-0.2, 0) is 13.0 Å². The Kier molecular flexibility index (Phi) is 4.43. The van der Waals surface area contributed by atoms with Crippen molar-refractivity contribution in [1.82, 2.24) is 25.3 Å². The van der Waals surface area contributed by atoms with E-state index in [4.69, 9.17) is 0 Å². The summed E-state index contributed by atoms with van der Waals surface area (Å²) in [6.07, 6.45) is 3.77. The van der Waals surface area contributed by atoms with Gasteiger partial charge in [0.15, 0.2) is 0 Å². The zero-order valence-corrected chi connectivity index (χ0v) is 11.9. The molecule has 0 amide bonds. The van der Waals surface area contributed by atoms with Gasteiger partial charge in [0.1, 0.15) is 0 Å². The summed E-state index contributed by atoms with van der Waals surface area (Å²) in [5.74, 6) is 0. The van der Waals surface area contributed by atoms with E-state index in [0.717, 1.165) is 35.8 Å². The van der Waals surface area contributed by atoms with Crippen molar-refractivity contribution in [3.05, 3.63) is 28.0 Å². The molecule has 6 heteroatoms. The third-order valence-corrected chi connectivity index (χ3v) is 3.69. The molecule has 0 saturated carbocycles. The summed E-state index contributed by atoms with van der Waals surface area (Å²) in [6.45, 7) is 5.08. The first-order valence-electron chi connectivity index (χ1n) is 6.21. The minimum atomic E-state index is 0.216. The minimum absolute atomic E-state index is 0.216. The Balaban J connectivity index is 2.14. The molecule has 1 unspecified atom stereocenters. The van der Waals surface area contributed by atoms with Crippen molar-refractivity contribution in [2.45, 2.75) is 39.3 Å². The van der Waals surface area contributed by atoms with Crippen LogP contribution < -0.4 is 5.32 Å². The molecule has 0 aliphatic heterocycles. The van der Waals surface area contributed by atoms with Crippen molar-refractivity contribution in [3.63, 3.8) is 0 Å². The maximum Gasteiger partial charge on any atom is 0.0897 e. The number of aryl methyl sites for hydroxylation is 2. The number of aromatic nitrogens is 4. The molecule has 0 aliphatic rings. The van der Waals surface area contributed by atoms with E-state index in [1.165, 1.54) is 0 Å². The highest BCUT2D eigenvalue weighted by atomic mass is 32.1. The average Bonchev–Trinajstić information content (AvgIpc) is 2.96. The molecular weight excluding hydrogens is 246 g/mol. The second kappa shape index (κ2) is 6.06. The molecule has 0 aliphatic carbocycles. The van der Waals surface area contributed by atoms with Crippen molar-refractivity contribution in [1.29, 1.82) is 0 Å². The first-order chi connectivity index (χ1) is 8.74. The van der Waals surface area contributed by atoms with Gasteiger partial charge < -0.3 is 5.32 Å². The van der Waals surface area contributed by atoms with E-state index in [1.54, 1.807) is 11.3 Å². The standard InChI is InChI=1S/C12H19N5S/c1-4-5-17-12(7-14-16-17)11(13-3)6-10-8-18-9(2)15-10/h7-8,11,13H,4-6H2,1-3H3. The first kappa shape index (κ1) is 13.2. The zero-order chi connectivity index (χ0) is 13.0. The molecule has 0 spiro atoms. The highest BCUT2D eigenvalue weighted by molar-refractivity contribution is 7.09. The van der Waals surface area contributed by atoms with E-state index in [2.05, 4.69) is 32.9 Å².